The lowest BCUT2D eigenvalue weighted by atomic mass is 9.92. The van der Waals surface area contributed by atoms with Gasteiger partial charge < -0.3 is 15.5 Å². The molecule has 3 N–H and O–H groups in total. The molecule has 1 aromatic heterocycles. The minimum Gasteiger partial charge on any atom is -0.504 e. The largest absolute Gasteiger partial charge is 0.504 e. The number of benzene rings is 1. The van der Waals surface area contributed by atoms with Crippen LogP contribution in [-0.2, 0) is 12.8 Å². The number of likely N-dealkylation sites (tertiary alicyclic amines) is 1. The molecule has 1 saturated carbocycles. The molecule has 0 amide bonds. The van der Waals surface area contributed by atoms with E-state index >= 15 is 0 Å². The van der Waals surface area contributed by atoms with Crippen molar-refractivity contribution >= 4 is 16.6 Å². The van der Waals surface area contributed by atoms with E-state index in [4.69, 9.17) is 4.98 Å². The number of rotatable bonds is 3. The van der Waals surface area contributed by atoms with Gasteiger partial charge >= 0.3 is 0 Å². The molecule has 5 heteroatoms. The molecule has 5 rings (SSSR count). The van der Waals surface area contributed by atoms with Gasteiger partial charge in [0.2, 0.25) is 0 Å². The molecule has 1 aliphatic heterocycles. The molecule has 2 fully saturated rings. The standard InChI is InChI=1S/C20H25N3O2/c24-18-9-15-17(10-19(18)25)22-16-6-2-5-14(16)20(15)21-12-7-8-23(11-12)13-3-1-4-13/h9-10,12-13,24-25H,1-8,11H2,(H,21,22). The van der Waals surface area contributed by atoms with Crippen molar-refractivity contribution in [1.82, 2.24) is 9.88 Å². The molecule has 2 aromatic rings. The topological polar surface area (TPSA) is 68.6 Å². The first-order valence-electron chi connectivity index (χ1n) is 9.57. The number of nitrogens with one attached hydrogen (secondary N) is 1. The number of hydrogen-bond acceptors (Lipinski definition) is 5. The molecule has 1 saturated heterocycles. The Morgan fingerprint density at radius 3 is 2.68 bits per heavy atom. The predicted molar refractivity (Wildman–Crippen MR) is 98.3 cm³/mol. The van der Waals surface area contributed by atoms with Crippen LogP contribution in [0, 0.1) is 0 Å². The number of hydrogen-bond donors (Lipinski definition) is 3. The first-order chi connectivity index (χ1) is 12.2. The Morgan fingerprint density at radius 1 is 1.04 bits per heavy atom. The van der Waals surface area contributed by atoms with Crippen molar-refractivity contribution in [3.8, 4) is 11.5 Å². The van der Waals surface area contributed by atoms with Crippen molar-refractivity contribution in [3.05, 3.63) is 23.4 Å². The van der Waals surface area contributed by atoms with Crippen LogP contribution in [0.5, 0.6) is 11.5 Å². The Hall–Kier alpha value is -2.01. The number of nitrogens with zero attached hydrogens (tertiary/aromatic N) is 2. The summed E-state index contributed by atoms with van der Waals surface area (Å²) < 4.78 is 0. The van der Waals surface area contributed by atoms with E-state index in [-0.39, 0.29) is 11.5 Å². The van der Waals surface area contributed by atoms with Gasteiger partial charge in [-0.15, -0.1) is 0 Å². The predicted octanol–water partition coefficient (Wildman–Crippen LogP) is 3.17. The number of phenols is 2. The highest BCUT2D eigenvalue weighted by molar-refractivity contribution is 5.96. The van der Waals surface area contributed by atoms with Crippen molar-refractivity contribution in [2.24, 2.45) is 0 Å². The number of anilines is 1. The maximum absolute atomic E-state index is 9.99. The molecule has 1 unspecified atom stereocenters. The van der Waals surface area contributed by atoms with Crippen LogP contribution in [0.2, 0.25) is 0 Å². The summed E-state index contributed by atoms with van der Waals surface area (Å²) in [5.41, 5.74) is 4.36. The van der Waals surface area contributed by atoms with Gasteiger partial charge in [-0.25, -0.2) is 0 Å². The summed E-state index contributed by atoms with van der Waals surface area (Å²) in [4.78, 5) is 7.37. The minimum absolute atomic E-state index is 0.0715. The summed E-state index contributed by atoms with van der Waals surface area (Å²) >= 11 is 0. The van der Waals surface area contributed by atoms with Crippen LogP contribution < -0.4 is 5.32 Å². The molecule has 25 heavy (non-hydrogen) atoms. The second-order valence-corrected chi connectivity index (χ2v) is 7.83. The average Bonchev–Trinajstić information content (AvgIpc) is 3.17. The van der Waals surface area contributed by atoms with Gasteiger partial charge in [0.15, 0.2) is 11.5 Å². The number of pyridine rings is 1. The van der Waals surface area contributed by atoms with E-state index in [2.05, 4.69) is 10.2 Å². The van der Waals surface area contributed by atoms with E-state index < -0.39 is 0 Å². The normalized spacial score (nSPS) is 23.8. The summed E-state index contributed by atoms with van der Waals surface area (Å²) in [7, 11) is 0. The third kappa shape index (κ3) is 2.53. The van der Waals surface area contributed by atoms with E-state index in [0.29, 0.717) is 6.04 Å². The van der Waals surface area contributed by atoms with Crippen LogP contribution >= 0.6 is 0 Å². The Morgan fingerprint density at radius 2 is 1.88 bits per heavy atom. The highest BCUT2D eigenvalue weighted by atomic mass is 16.3. The van der Waals surface area contributed by atoms with E-state index in [1.54, 1.807) is 12.1 Å². The average molecular weight is 339 g/mol. The highest BCUT2D eigenvalue weighted by Gasteiger charge is 2.32. The van der Waals surface area contributed by atoms with Gasteiger partial charge in [-0.3, -0.25) is 9.88 Å². The minimum atomic E-state index is -0.0964. The Labute approximate surface area is 147 Å². The fourth-order valence-electron chi connectivity index (χ4n) is 4.64. The fourth-order valence-corrected chi connectivity index (χ4v) is 4.64. The molecule has 5 nitrogen and oxygen atoms in total. The van der Waals surface area contributed by atoms with E-state index in [1.165, 1.54) is 37.8 Å². The lowest BCUT2D eigenvalue weighted by Gasteiger charge is -2.34. The van der Waals surface area contributed by atoms with Crippen molar-refractivity contribution in [1.29, 1.82) is 0 Å². The number of aromatic hydroxyl groups is 2. The van der Waals surface area contributed by atoms with Gasteiger partial charge in [-0.2, -0.15) is 0 Å². The maximum Gasteiger partial charge on any atom is 0.159 e. The zero-order chi connectivity index (χ0) is 17.0. The molecule has 3 aliphatic rings. The van der Waals surface area contributed by atoms with E-state index in [1.807, 2.05) is 0 Å². The summed E-state index contributed by atoms with van der Waals surface area (Å²) in [5.74, 6) is -0.168. The van der Waals surface area contributed by atoms with Crippen molar-refractivity contribution in [3.63, 3.8) is 0 Å². The van der Waals surface area contributed by atoms with Crippen LogP contribution in [0.1, 0.15) is 43.4 Å². The molecule has 2 aliphatic carbocycles. The highest BCUT2D eigenvalue weighted by Crippen LogP contribution is 2.39. The third-order valence-electron chi connectivity index (χ3n) is 6.27. The molecular weight excluding hydrogens is 314 g/mol. The van der Waals surface area contributed by atoms with Crippen LogP contribution in [-0.4, -0.2) is 45.3 Å². The number of aryl methyl sites for hydroxylation is 1. The molecule has 0 bridgehead atoms. The van der Waals surface area contributed by atoms with Crippen LogP contribution in [0.25, 0.3) is 10.9 Å². The van der Waals surface area contributed by atoms with Crippen molar-refractivity contribution in [2.75, 3.05) is 18.4 Å². The van der Waals surface area contributed by atoms with Gasteiger partial charge in [0.05, 0.1) is 5.52 Å². The molecule has 1 atom stereocenters. The summed E-state index contributed by atoms with van der Waals surface area (Å²) in [6, 6.07) is 4.50. The molecule has 132 valence electrons. The molecule has 1 aromatic carbocycles. The molecule has 0 spiro atoms. The number of fused-ring (bicyclic) bond motifs is 2. The van der Waals surface area contributed by atoms with E-state index in [0.717, 1.165) is 54.1 Å². The SMILES string of the molecule is Oc1cc2nc3c(c(NC4CCN(C5CCC5)C4)c2cc1O)CCC3. The van der Waals surface area contributed by atoms with Crippen molar-refractivity contribution < 1.29 is 10.2 Å². The Balaban J connectivity index is 1.50. The van der Waals surface area contributed by atoms with Gasteiger partial charge in [0, 0.05) is 48.0 Å². The molecular formula is C20H25N3O2. The summed E-state index contributed by atoms with van der Waals surface area (Å²) in [6.45, 7) is 2.28. The Bertz CT molecular complexity index is 832. The zero-order valence-corrected chi connectivity index (χ0v) is 14.5. The van der Waals surface area contributed by atoms with Crippen molar-refractivity contribution in [2.45, 2.75) is 57.0 Å². The van der Waals surface area contributed by atoms with Gasteiger partial charge in [0.1, 0.15) is 0 Å². The van der Waals surface area contributed by atoms with Crippen LogP contribution in [0.3, 0.4) is 0 Å². The first-order valence-corrected chi connectivity index (χ1v) is 9.57. The van der Waals surface area contributed by atoms with Crippen LogP contribution in [0.15, 0.2) is 12.1 Å². The zero-order valence-electron chi connectivity index (χ0n) is 14.5. The lowest BCUT2D eigenvalue weighted by Crippen LogP contribution is -2.39. The monoisotopic (exact) mass is 339 g/mol. The van der Waals surface area contributed by atoms with Crippen LogP contribution in [0.4, 0.5) is 5.69 Å². The Kier molecular flexibility index (Phi) is 3.52. The lowest BCUT2D eigenvalue weighted by molar-refractivity contribution is 0.158. The number of aromatic nitrogens is 1. The van der Waals surface area contributed by atoms with E-state index in [9.17, 15) is 10.2 Å². The molecule has 0 radical (unpaired) electrons. The van der Waals surface area contributed by atoms with Gasteiger partial charge in [0.25, 0.3) is 0 Å². The third-order valence-corrected chi connectivity index (χ3v) is 6.27. The smallest absolute Gasteiger partial charge is 0.159 e. The van der Waals surface area contributed by atoms with Gasteiger partial charge in [-0.05, 0) is 50.2 Å². The summed E-state index contributed by atoms with van der Waals surface area (Å²) in [6.07, 6.45) is 8.43. The molecule has 2 heterocycles. The quantitative estimate of drug-likeness (QED) is 0.750. The fraction of sp³-hybridized carbons (Fsp3) is 0.550. The first kappa shape index (κ1) is 15.3. The van der Waals surface area contributed by atoms with Gasteiger partial charge in [-0.1, -0.05) is 6.42 Å². The number of phenolic OH excluding ortho intramolecular Hbond substituents is 2. The summed E-state index contributed by atoms with van der Waals surface area (Å²) in [5, 5.41) is 24.6. The second kappa shape index (κ2) is 5.77. The second-order valence-electron chi connectivity index (χ2n) is 7.83. The maximum atomic E-state index is 9.99.